The molecule has 0 aliphatic carbocycles. The second-order valence-electron chi connectivity index (χ2n) is 3.54. The summed E-state index contributed by atoms with van der Waals surface area (Å²) < 4.78 is 5.04. The molecule has 1 rings (SSSR count). The monoisotopic (exact) mass is 212 g/mol. The van der Waals surface area contributed by atoms with E-state index in [-0.39, 0.29) is 0 Å². The topological polar surface area (TPSA) is 62.8 Å². The van der Waals surface area contributed by atoms with E-state index in [9.17, 15) is 0 Å². The van der Waals surface area contributed by atoms with Gasteiger partial charge in [0.15, 0.2) is 0 Å². The van der Waals surface area contributed by atoms with Crippen LogP contribution in [-0.4, -0.2) is 35.7 Å². The highest BCUT2D eigenvalue weighted by atomic mass is 16.5. The lowest BCUT2D eigenvalue weighted by Crippen LogP contribution is -2.22. The lowest BCUT2D eigenvalue weighted by molar-refractivity contribution is 0.188. The second kappa shape index (κ2) is 7.36. The summed E-state index contributed by atoms with van der Waals surface area (Å²) in [5.41, 5.74) is 0.986. The van der Waals surface area contributed by atoms with Crippen molar-refractivity contribution in [3.63, 3.8) is 0 Å². The summed E-state index contributed by atoms with van der Waals surface area (Å²) in [4.78, 5) is 0. The highest BCUT2D eigenvalue weighted by Crippen LogP contribution is 2.14. The van der Waals surface area contributed by atoms with Crippen molar-refractivity contribution >= 4 is 0 Å². The Balaban J connectivity index is 2.39. The van der Waals surface area contributed by atoms with Gasteiger partial charge in [0.1, 0.15) is 0 Å². The largest absolute Gasteiger partial charge is 0.385 e. The zero-order valence-corrected chi connectivity index (χ0v) is 9.49. The zero-order valence-electron chi connectivity index (χ0n) is 9.49. The van der Waals surface area contributed by atoms with Crippen LogP contribution in [0.3, 0.4) is 0 Å². The minimum absolute atomic E-state index is 0.291. The first-order valence-corrected chi connectivity index (χ1v) is 5.46. The third kappa shape index (κ3) is 4.40. The smallest absolute Gasteiger partial charge is 0.0993 e. The van der Waals surface area contributed by atoms with Gasteiger partial charge in [-0.2, -0.15) is 15.4 Å². The molecule has 1 atom stereocenters. The van der Waals surface area contributed by atoms with E-state index in [0.717, 1.165) is 38.1 Å². The lowest BCUT2D eigenvalue weighted by Gasteiger charge is -2.15. The van der Waals surface area contributed by atoms with E-state index in [1.165, 1.54) is 0 Å². The van der Waals surface area contributed by atoms with E-state index in [1.54, 1.807) is 13.3 Å². The molecule has 0 radical (unpaired) electrons. The summed E-state index contributed by atoms with van der Waals surface area (Å²) in [6.45, 7) is 3.95. The summed E-state index contributed by atoms with van der Waals surface area (Å²) in [5, 5.41) is 14.0. The molecule has 15 heavy (non-hydrogen) atoms. The van der Waals surface area contributed by atoms with Crippen molar-refractivity contribution in [2.75, 3.05) is 20.3 Å². The van der Waals surface area contributed by atoms with Gasteiger partial charge in [0.2, 0.25) is 0 Å². The van der Waals surface area contributed by atoms with Gasteiger partial charge >= 0.3 is 0 Å². The number of ether oxygens (including phenoxy) is 1. The molecule has 5 heteroatoms. The quantitative estimate of drug-likeness (QED) is 0.637. The molecule has 1 unspecified atom stereocenters. The number of aromatic nitrogens is 3. The van der Waals surface area contributed by atoms with Crippen LogP contribution in [0.4, 0.5) is 0 Å². The second-order valence-corrected chi connectivity index (χ2v) is 3.54. The third-order valence-corrected chi connectivity index (χ3v) is 2.27. The van der Waals surface area contributed by atoms with Crippen LogP contribution in [0.1, 0.15) is 37.9 Å². The fourth-order valence-electron chi connectivity index (χ4n) is 1.48. The lowest BCUT2D eigenvalue weighted by atomic mass is 10.1. The fourth-order valence-corrected chi connectivity index (χ4v) is 1.48. The Labute approximate surface area is 90.6 Å². The summed E-state index contributed by atoms with van der Waals surface area (Å²) in [6.07, 6.45) is 4.96. The Morgan fingerprint density at radius 1 is 1.60 bits per heavy atom. The van der Waals surface area contributed by atoms with Crippen LogP contribution in [0.2, 0.25) is 0 Å². The van der Waals surface area contributed by atoms with Crippen molar-refractivity contribution in [1.29, 1.82) is 0 Å². The molecule has 5 nitrogen and oxygen atoms in total. The van der Waals surface area contributed by atoms with Crippen molar-refractivity contribution in [3.05, 3.63) is 11.9 Å². The number of nitrogens with zero attached hydrogens (tertiary/aromatic N) is 2. The van der Waals surface area contributed by atoms with Gasteiger partial charge in [0, 0.05) is 13.7 Å². The number of H-pyrrole nitrogens is 1. The minimum Gasteiger partial charge on any atom is -0.385 e. The van der Waals surface area contributed by atoms with Crippen molar-refractivity contribution in [3.8, 4) is 0 Å². The summed E-state index contributed by atoms with van der Waals surface area (Å²) in [7, 11) is 1.73. The molecule has 2 N–H and O–H groups in total. The van der Waals surface area contributed by atoms with Crippen LogP contribution in [0.25, 0.3) is 0 Å². The molecule has 0 fully saturated rings. The molecule has 0 saturated carbocycles. The molecule has 0 aliphatic heterocycles. The molecule has 1 aromatic heterocycles. The number of hydrogen-bond donors (Lipinski definition) is 2. The molecule has 0 spiro atoms. The Hall–Kier alpha value is -0.940. The van der Waals surface area contributed by atoms with Crippen molar-refractivity contribution in [2.45, 2.75) is 32.2 Å². The number of hydrogen-bond acceptors (Lipinski definition) is 4. The van der Waals surface area contributed by atoms with Crippen LogP contribution in [-0.2, 0) is 4.74 Å². The first-order valence-electron chi connectivity index (χ1n) is 5.46. The van der Waals surface area contributed by atoms with Crippen LogP contribution >= 0.6 is 0 Å². The van der Waals surface area contributed by atoms with Gasteiger partial charge < -0.3 is 10.1 Å². The third-order valence-electron chi connectivity index (χ3n) is 2.27. The van der Waals surface area contributed by atoms with Gasteiger partial charge in [-0.15, -0.1) is 0 Å². The SMILES string of the molecule is CCCNC(CCCOC)c1cn[nH]n1. The Morgan fingerprint density at radius 2 is 2.47 bits per heavy atom. The molecule has 1 aromatic rings. The maximum atomic E-state index is 5.04. The normalized spacial score (nSPS) is 12.9. The zero-order chi connectivity index (χ0) is 10.9. The Kier molecular flexibility index (Phi) is 5.96. The number of rotatable bonds is 8. The van der Waals surface area contributed by atoms with Crippen LogP contribution in [0.15, 0.2) is 6.20 Å². The molecule has 86 valence electrons. The van der Waals surface area contributed by atoms with Crippen molar-refractivity contribution < 1.29 is 4.74 Å². The number of nitrogens with one attached hydrogen (secondary N) is 2. The number of methoxy groups -OCH3 is 1. The average Bonchev–Trinajstić information content (AvgIpc) is 2.76. The standard InChI is InChI=1S/C10H20N4O/c1-3-6-11-9(5-4-7-15-2)10-8-12-14-13-10/h8-9,11H,3-7H2,1-2H3,(H,12,13,14). The predicted octanol–water partition coefficient (Wildman–Crippen LogP) is 1.27. The molecule has 0 amide bonds. The highest BCUT2D eigenvalue weighted by molar-refractivity contribution is 4.99. The first kappa shape index (κ1) is 12.1. The van der Waals surface area contributed by atoms with Gasteiger partial charge in [0.05, 0.1) is 17.9 Å². The maximum Gasteiger partial charge on any atom is 0.0993 e. The van der Waals surface area contributed by atoms with E-state index < -0.39 is 0 Å². The Bertz CT molecular complexity index is 238. The van der Waals surface area contributed by atoms with Crippen molar-refractivity contribution in [2.24, 2.45) is 0 Å². The van der Waals surface area contributed by atoms with Crippen LogP contribution in [0, 0.1) is 0 Å². The van der Waals surface area contributed by atoms with Gasteiger partial charge in [-0.3, -0.25) is 0 Å². The first-order chi connectivity index (χ1) is 7.38. The van der Waals surface area contributed by atoms with E-state index in [1.807, 2.05) is 0 Å². The van der Waals surface area contributed by atoms with Gasteiger partial charge in [-0.05, 0) is 25.8 Å². The number of aromatic amines is 1. The molecule has 0 saturated heterocycles. The van der Waals surface area contributed by atoms with Gasteiger partial charge in [0.25, 0.3) is 0 Å². The highest BCUT2D eigenvalue weighted by Gasteiger charge is 2.12. The molecule has 0 bridgehead atoms. The molecule has 0 aromatic carbocycles. The molecular formula is C10H20N4O. The fraction of sp³-hybridized carbons (Fsp3) is 0.800. The molecule has 1 heterocycles. The summed E-state index contributed by atoms with van der Waals surface area (Å²) >= 11 is 0. The van der Waals surface area contributed by atoms with Crippen molar-refractivity contribution in [1.82, 2.24) is 20.7 Å². The van der Waals surface area contributed by atoms with E-state index >= 15 is 0 Å². The van der Waals surface area contributed by atoms with Crippen LogP contribution in [0.5, 0.6) is 0 Å². The maximum absolute atomic E-state index is 5.04. The predicted molar refractivity (Wildman–Crippen MR) is 58.5 cm³/mol. The van der Waals surface area contributed by atoms with E-state index in [2.05, 4.69) is 27.7 Å². The van der Waals surface area contributed by atoms with Crippen LogP contribution < -0.4 is 5.32 Å². The summed E-state index contributed by atoms with van der Waals surface area (Å²) in [5.74, 6) is 0. The van der Waals surface area contributed by atoms with E-state index in [0.29, 0.717) is 6.04 Å². The van der Waals surface area contributed by atoms with Gasteiger partial charge in [-0.1, -0.05) is 6.92 Å². The Morgan fingerprint density at radius 3 is 3.07 bits per heavy atom. The van der Waals surface area contributed by atoms with Gasteiger partial charge in [-0.25, -0.2) is 0 Å². The van der Waals surface area contributed by atoms with E-state index in [4.69, 9.17) is 4.74 Å². The molecular weight excluding hydrogens is 192 g/mol. The minimum atomic E-state index is 0.291. The summed E-state index contributed by atoms with van der Waals surface area (Å²) in [6, 6.07) is 0.291. The molecule has 0 aliphatic rings. The average molecular weight is 212 g/mol.